The standard InChI is InChI=1S/C16H21ClN4O3/c17-12-3-4-14(18-10-12)19-15(22)11-20-5-7-21(8-6-20)16(23)13-2-1-9-24-13/h3-4,10,13H,1-2,5-9,11H2,(H,18,19,22)/t13-/m0/s1. The highest BCUT2D eigenvalue weighted by Gasteiger charge is 2.30. The number of hydrogen-bond donors (Lipinski definition) is 1. The predicted octanol–water partition coefficient (Wildman–Crippen LogP) is 0.997. The van der Waals surface area contributed by atoms with Gasteiger partial charge in [-0.1, -0.05) is 11.6 Å². The van der Waals surface area contributed by atoms with Gasteiger partial charge in [-0.05, 0) is 25.0 Å². The first-order chi connectivity index (χ1) is 11.6. The Morgan fingerprint density at radius 1 is 1.29 bits per heavy atom. The van der Waals surface area contributed by atoms with E-state index in [0.717, 1.165) is 12.8 Å². The molecule has 1 atom stereocenters. The smallest absolute Gasteiger partial charge is 0.251 e. The van der Waals surface area contributed by atoms with Crippen LogP contribution in [0.3, 0.4) is 0 Å². The van der Waals surface area contributed by atoms with Crippen LogP contribution in [0.15, 0.2) is 18.3 Å². The van der Waals surface area contributed by atoms with E-state index in [1.165, 1.54) is 6.20 Å². The molecule has 2 amide bonds. The minimum absolute atomic E-state index is 0.0852. The summed E-state index contributed by atoms with van der Waals surface area (Å²) in [6, 6.07) is 3.35. The van der Waals surface area contributed by atoms with Crippen molar-refractivity contribution in [3.8, 4) is 0 Å². The van der Waals surface area contributed by atoms with Crippen molar-refractivity contribution in [2.45, 2.75) is 18.9 Å². The number of aromatic nitrogens is 1. The second kappa shape index (κ2) is 7.92. The molecular weight excluding hydrogens is 332 g/mol. The lowest BCUT2D eigenvalue weighted by Crippen LogP contribution is -2.52. The van der Waals surface area contributed by atoms with E-state index in [-0.39, 0.29) is 24.5 Å². The third-order valence-corrected chi connectivity index (χ3v) is 4.47. The van der Waals surface area contributed by atoms with E-state index in [1.54, 1.807) is 12.1 Å². The highest BCUT2D eigenvalue weighted by molar-refractivity contribution is 6.30. The average Bonchev–Trinajstić information content (AvgIpc) is 3.11. The van der Waals surface area contributed by atoms with Gasteiger partial charge in [0.15, 0.2) is 0 Å². The number of hydrogen-bond acceptors (Lipinski definition) is 5. The molecule has 8 heteroatoms. The van der Waals surface area contributed by atoms with Crippen molar-refractivity contribution in [1.82, 2.24) is 14.8 Å². The van der Waals surface area contributed by atoms with E-state index in [1.807, 2.05) is 9.80 Å². The second-order valence-corrected chi connectivity index (χ2v) is 6.45. The van der Waals surface area contributed by atoms with Gasteiger partial charge in [-0.3, -0.25) is 14.5 Å². The number of carbonyl (C=O) groups excluding carboxylic acids is 2. The monoisotopic (exact) mass is 352 g/mol. The fraction of sp³-hybridized carbons (Fsp3) is 0.562. The number of ether oxygens (including phenoxy) is 1. The molecule has 1 N–H and O–H groups in total. The van der Waals surface area contributed by atoms with Gasteiger partial charge in [0.25, 0.3) is 5.91 Å². The maximum atomic E-state index is 12.3. The minimum atomic E-state index is -0.268. The minimum Gasteiger partial charge on any atom is -0.368 e. The molecule has 0 bridgehead atoms. The molecule has 3 heterocycles. The van der Waals surface area contributed by atoms with Crippen LogP contribution in [-0.2, 0) is 14.3 Å². The van der Waals surface area contributed by atoms with Gasteiger partial charge in [-0.2, -0.15) is 0 Å². The van der Waals surface area contributed by atoms with Gasteiger partial charge < -0.3 is 15.0 Å². The molecule has 0 spiro atoms. The molecule has 0 saturated carbocycles. The molecule has 130 valence electrons. The summed E-state index contributed by atoms with van der Waals surface area (Å²) in [5.74, 6) is 0.447. The van der Waals surface area contributed by atoms with Crippen LogP contribution in [0.25, 0.3) is 0 Å². The fourth-order valence-electron chi connectivity index (χ4n) is 2.94. The number of carbonyl (C=O) groups is 2. The Morgan fingerprint density at radius 2 is 2.08 bits per heavy atom. The van der Waals surface area contributed by atoms with Crippen molar-refractivity contribution in [3.63, 3.8) is 0 Å². The highest BCUT2D eigenvalue weighted by Crippen LogP contribution is 2.16. The number of halogens is 1. The number of anilines is 1. The second-order valence-electron chi connectivity index (χ2n) is 6.01. The lowest BCUT2D eigenvalue weighted by atomic mass is 10.2. The van der Waals surface area contributed by atoms with Crippen LogP contribution in [0, 0.1) is 0 Å². The van der Waals surface area contributed by atoms with Crippen LogP contribution in [0.2, 0.25) is 5.02 Å². The molecule has 0 aromatic carbocycles. The maximum absolute atomic E-state index is 12.3. The number of amides is 2. The van der Waals surface area contributed by atoms with E-state index >= 15 is 0 Å². The quantitative estimate of drug-likeness (QED) is 0.875. The van der Waals surface area contributed by atoms with Crippen molar-refractivity contribution >= 4 is 29.2 Å². The van der Waals surface area contributed by atoms with Crippen molar-refractivity contribution in [2.75, 3.05) is 44.6 Å². The first-order valence-electron chi connectivity index (χ1n) is 8.16. The third kappa shape index (κ3) is 4.43. The Bertz CT molecular complexity index is 581. The molecule has 1 aromatic rings. The van der Waals surface area contributed by atoms with E-state index < -0.39 is 0 Å². The van der Waals surface area contributed by atoms with Gasteiger partial charge in [0.2, 0.25) is 5.91 Å². The molecule has 2 aliphatic rings. The Kier molecular flexibility index (Phi) is 5.65. The number of rotatable bonds is 4. The van der Waals surface area contributed by atoms with Crippen molar-refractivity contribution in [2.24, 2.45) is 0 Å². The van der Waals surface area contributed by atoms with Crippen LogP contribution in [-0.4, -0.2) is 72.0 Å². The zero-order chi connectivity index (χ0) is 16.9. The van der Waals surface area contributed by atoms with Crippen LogP contribution in [0.4, 0.5) is 5.82 Å². The van der Waals surface area contributed by atoms with E-state index in [0.29, 0.717) is 43.6 Å². The summed E-state index contributed by atoms with van der Waals surface area (Å²) in [6.45, 7) is 3.58. The summed E-state index contributed by atoms with van der Waals surface area (Å²) in [6.07, 6.45) is 2.99. The van der Waals surface area contributed by atoms with E-state index in [9.17, 15) is 9.59 Å². The lowest BCUT2D eigenvalue weighted by Gasteiger charge is -2.35. The number of nitrogens with zero attached hydrogens (tertiary/aromatic N) is 3. The van der Waals surface area contributed by atoms with Gasteiger partial charge in [-0.25, -0.2) is 4.98 Å². The summed E-state index contributed by atoms with van der Waals surface area (Å²) in [7, 11) is 0. The van der Waals surface area contributed by atoms with Crippen LogP contribution < -0.4 is 5.32 Å². The number of piperazine rings is 1. The van der Waals surface area contributed by atoms with Gasteiger partial charge in [0.1, 0.15) is 11.9 Å². The Morgan fingerprint density at radius 3 is 2.71 bits per heavy atom. The van der Waals surface area contributed by atoms with E-state index in [2.05, 4.69) is 10.3 Å². The molecule has 2 saturated heterocycles. The summed E-state index contributed by atoms with van der Waals surface area (Å²) in [5.41, 5.74) is 0. The van der Waals surface area contributed by atoms with Gasteiger partial charge in [0.05, 0.1) is 11.6 Å². The summed E-state index contributed by atoms with van der Waals surface area (Å²) in [4.78, 5) is 32.3. The SMILES string of the molecule is O=C(CN1CCN(C(=O)[C@@H]2CCCO2)CC1)Nc1ccc(Cl)cn1. The molecule has 1 aromatic heterocycles. The third-order valence-electron chi connectivity index (χ3n) is 4.25. The van der Waals surface area contributed by atoms with Crippen LogP contribution >= 0.6 is 11.6 Å². The molecule has 2 aliphatic heterocycles. The summed E-state index contributed by atoms with van der Waals surface area (Å²) < 4.78 is 5.45. The zero-order valence-corrected chi connectivity index (χ0v) is 14.2. The number of pyridine rings is 1. The Hall–Kier alpha value is -1.70. The molecule has 3 rings (SSSR count). The summed E-state index contributed by atoms with van der Waals surface area (Å²) in [5, 5.41) is 3.27. The molecule has 24 heavy (non-hydrogen) atoms. The fourth-order valence-corrected chi connectivity index (χ4v) is 3.05. The van der Waals surface area contributed by atoms with Crippen molar-refractivity contribution in [3.05, 3.63) is 23.4 Å². The topological polar surface area (TPSA) is 74.8 Å². The number of nitrogens with one attached hydrogen (secondary N) is 1. The molecular formula is C16H21ClN4O3. The molecule has 0 radical (unpaired) electrons. The zero-order valence-electron chi connectivity index (χ0n) is 13.4. The highest BCUT2D eigenvalue weighted by atomic mass is 35.5. The molecule has 0 unspecified atom stereocenters. The first-order valence-corrected chi connectivity index (χ1v) is 8.54. The average molecular weight is 353 g/mol. The summed E-state index contributed by atoms with van der Waals surface area (Å²) >= 11 is 5.77. The van der Waals surface area contributed by atoms with Crippen LogP contribution in [0.1, 0.15) is 12.8 Å². The van der Waals surface area contributed by atoms with Crippen molar-refractivity contribution < 1.29 is 14.3 Å². The Labute approximate surface area is 145 Å². The molecule has 2 fully saturated rings. The normalized spacial score (nSPS) is 21.7. The van der Waals surface area contributed by atoms with Gasteiger partial charge in [-0.15, -0.1) is 0 Å². The van der Waals surface area contributed by atoms with Gasteiger partial charge >= 0.3 is 0 Å². The lowest BCUT2D eigenvalue weighted by molar-refractivity contribution is -0.142. The first kappa shape index (κ1) is 17.1. The predicted molar refractivity (Wildman–Crippen MR) is 89.9 cm³/mol. The van der Waals surface area contributed by atoms with Gasteiger partial charge in [0, 0.05) is 39.0 Å². The van der Waals surface area contributed by atoms with E-state index in [4.69, 9.17) is 16.3 Å². The Balaban J connectivity index is 1.42. The van der Waals surface area contributed by atoms with Crippen LogP contribution in [0.5, 0.6) is 0 Å². The molecule has 0 aliphatic carbocycles. The molecule has 7 nitrogen and oxygen atoms in total. The maximum Gasteiger partial charge on any atom is 0.251 e. The largest absolute Gasteiger partial charge is 0.368 e. The van der Waals surface area contributed by atoms with Crippen molar-refractivity contribution in [1.29, 1.82) is 0 Å².